The van der Waals surface area contributed by atoms with Crippen molar-refractivity contribution in [2.45, 2.75) is 26.1 Å². The van der Waals surface area contributed by atoms with Gasteiger partial charge in [-0.05, 0) is 25.0 Å². The number of piperazine rings is 1. The van der Waals surface area contributed by atoms with E-state index in [9.17, 15) is 13.2 Å². The molecule has 6 heteroatoms. The molecule has 1 N–H and O–H groups in total. The van der Waals surface area contributed by atoms with Crippen LogP contribution in [0.4, 0.5) is 13.2 Å². The molecule has 0 aromatic heterocycles. The monoisotopic (exact) mass is 308 g/mol. The molecule has 1 aromatic rings. The number of benzene rings is 1. The maximum Gasteiger partial charge on any atom is 0.408 e. The van der Waals surface area contributed by atoms with Gasteiger partial charge in [0.1, 0.15) is 6.04 Å². The van der Waals surface area contributed by atoms with Gasteiger partial charge in [0.05, 0.1) is 0 Å². The predicted octanol–water partition coefficient (Wildman–Crippen LogP) is 3.23. The molecule has 1 aliphatic rings. The summed E-state index contributed by atoms with van der Waals surface area (Å²) in [5.41, 5.74) is 2.07. The van der Waals surface area contributed by atoms with E-state index >= 15 is 0 Å². The summed E-state index contributed by atoms with van der Waals surface area (Å²) in [7, 11) is 0. The second kappa shape index (κ2) is 6.78. The van der Waals surface area contributed by atoms with Crippen LogP contribution >= 0.6 is 12.4 Å². The highest BCUT2D eigenvalue weighted by atomic mass is 35.5. The summed E-state index contributed by atoms with van der Waals surface area (Å²) in [6, 6.07) is 3.69. The molecule has 0 unspecified atom stereocenters. The summed E-state index contributed by atoms with van der Waals surface area (Å²) >= 11 is 0. The van der Waals surface area contributed by atoms with Gasteiger partial charge in [-0.1, -0.05) is 23.8 Å². The molecule has 0 amide bonds. The van der Waals surface area contributed by atoms with Crippen molar-refractivity contribution < 1.29 is 13.2 Å². The lowest BCUT2D eigenvalue weighted by molar-refractivity contribution is -0.188. The second-order valence-electron chi connectivity index (χ2n) is 5.09. The zero-order valence-corrected chi connectivity index (χ0v) is 12.4. The van der Waals surface area contributed by atoms with Gasteiger partial charge in [-0.2, -0.15) is 13.2 Å². The third-order valence-electron chi connectivity index (χ3n) is 3.55. The largest absolute Gasteiger partial charge is 0.408 e. The molecule has 0 radical (unpaired) electrons. The zero-order chi connectivity index (χ0) is 14.0. The molecule has 0 aliphatic carbocycles. The van der Waals surface area contributed by atoms with Gasteiger partial charge in [0.15, 0.2) is 0 Å². The van der Waals surface area contributed by atoms with Crippen LogP contribution in [0, 0.1) is 13.8 Å². The maximum absolute atomic E-state index is 13.4. The van der Waals surface area contributed by atoms with E-state index in [1.807, 2.05) is 13.0 Å². The van der Waals surface area contributed by atoms with Crippen molar-refractivity contribution in [1.82, 2.24) is 10.2 Å². The maximum atomic E-state index is 13.4. The zero-order valence-electron chi connectivity index (χ0n) is 11.6. The number of aryl methyl sites for hydroxylation is 2. The molecule has 2 nitrogen and oxygen atoms in total. The highest BCUT2D eigenvalue weighted by molar-refractivity contribution is 5.85. The minimum absolute atomic E-state index is 0. The van der Waals surface area contributed by atoms with Crippen molar-refractivity contribution >= 4 is 12.4 Å². The van der Waals surface area contributed by atoms with Gasteiger partial charge < -0.3 is 5.32 Å². The number of alkyl halides is 3. The molecule has 1 atom stereocenters. The van der Waals surface area contributed by atoms with Crippen LogP contribution in [0.15, 0.2) is 18.2 Å². The summed E-state index contributed by atoms with van der Waals surface area (Å²) in [6.07, 6.45) is -4.24. The van der Waals surface area contributed by atoms with E-state index < -0.39 is 12.2 Å². The van der Waals surface area contributed by atoms with Crippen molar-refractivity contribution in [3.63, 3.8) is 0 Å². The fourth-order valence-corrected chi connectivity index (χ4v) is 2.65. The van der Waals surface area contributed by atoms with E-state index in [1.165, 1.54) is 4.90 Å². The van der Waals surface area contributed by atoms with E-state index in [2.05, 4.69) is 5.32 Å². The molecule has 114 valence electrons. The fourth-order valence-electron chi connectivity index (χ4n) is 2.65. The predicted molar refractivity (Wildman–Crippen MR) is 76.4 cm³/mol. The lowest BCUT2D eigenvalue weighted by Crippen LogP contribution is -2.49. The molecule has 1 aliphatic heterocycles. The topological polar surface area (TPSA) is 15.3 Å². The number of nitrogens with zero attached hydrogens (tertiary/aromatic N) is 1. The quantitative estimate of drug-likeness (QED) is 0.902. The van der Waals surface area contributed by atoms with E-state index in [0.29, 0.717) is 37.3 Å². The van der Waals surface area contributed by atoms with Crippen LogP contribution in [-0.2, 0) is 0 Å². The normalized spacial score (nSPS) is 18.4. The molecule has 0 bridgehead atoms. The number of hydrogen-bond acceptors (Lipinski definition) is 2. The molecular formula is C14H20ClF3N2. The molecule has 1 heterocycles. The Balaban J connectivity index is 0.00000200. The van der Waals surface area contributed by atoms with Crippen molar-refractivity contribution in [2.24, 2.45) is 0 Å². The van der Waals surface area contributed by atoms with Gasteiger partial charge in [-0.3, -0.25) is 4.90 Å². The molecule has 0 saturated carbocycles. The highest BCUT2D eigenvalue weighted by Gasteiger charge is 2.45. The van der Waals surface area contributed by atoms with E-state index in [-0.39, 0.29) is 12.4 Å². The molecule has 2 rings (SSSR count). The smallest absolute Gasteiger partial charge is 0.314 e. The van der Waals surface area contributed by atoms with Crippen LogP contribution in [0.1, 0.15) is 22.7 Å². The van der Waals surface area contributed by atoms with Gasteiger partial charge in [-0.15, -0.1) is 12.4 Å². The summed E-state index contributed by atoms with van der Waals surface area (Å²) in [4.78, 5) is 1.52. The van der Waals surface area contributed by atoms with Crippen molar-refractivity contribution in [2.75, 3.05) is 26.2 Å². The second-order valence-corrected chi connectivity index (χ2v) is 5.09. The Hall–Kier alpha value is -0.780. The lowest BCUT2D eigenvalue weighted by atomic mass is 9.97. The number of rotatable bonds is 2. The Labute approximate surface area is 123 Å². The van der Waals surface area contributed by atoms with Crippen molar-refractivity contribution in [3.05, 3.63) is 34.9 Å². The SMILES string of the molecule is Cc1ccc([C@H](N2CCNCC2)C(F)(F)F)c(C)c1.Cl. The molecule has 0 spiro atoms. The van der Waals surface area contributed by atoms with Crippen LogP contribution in [-0.4, -0.2) is 37.3 Å². The molecular weight excluding hydrogens is 289 g/mol. The Bertz CT molecular complexity index is 443. The first-order valence-corrected chi connectivity index (χ1v) is 6.48. The molecule has 1 saturated heterocycles. The third kappa shape index (κ3) is 3.87. The van der Waals surface area contributed by atoms with Gasteiger partial charge in [0.2, 0.25) is 0 Å². The standard InChI is InChI=1S/C14H19F3N2.ClH/c1-10-3-4-12(11(2)9-10)13(14(15,16)17)19-7-5-18-6-8-19;/h3-4,9,13,18H,5-8H2,1-2H3;1H/t13-;/m0./s1. The van der Waals surface area contributed by atoms with Gasteiger partial charge in [-0.25, -0.2) is 0 Å². The average molecular weight is 309 g/mol. The number of nitrogens with one attached hydrogen (secondary N) is 1. The molecule has 1 aromatic carbocycles. The van der Waals surface area contributed by atoms with Crippen LogP contribution in [0.25, 0.3) is 0 Å². The van der Waals surface area contributed by atoms with Crippen molar-refractivity contribution in [3.8, 4) is 0 Å². The summed E-state index contributed by atoms with van der Waals surface area (Å²) in [5.74, 6) is 0. The highest BCUT2D eigenvalue weighted by Crippen LogP contribution is 2.39. The number of halogens is 4. The van der Waals surface area contributed by atoms with Gasteiger partial charge >= 0.3 is 6.18 Å². The van der Waals surface area contributed by atoms with E-state index in [1.54, 1.807) is 19.1 Å². The van der Waals surface area contributed by atoms with E-state index in [0.717, 1.165) is 5.56 Å². The van der Waals surface area contributed by atoms with Crippen LogP contribution in [0.3, 0.4) is 0 Å². The number of hydrogen-bond donors (Lipinski definition) is 1. The summed E-state index contributed by atoms with van der Waals surface area (Å²) in [5, 5.41) is 3.09. The Morgan fingerprint density at radius 1 is 1.15 bits per heavy atom. The summed E-state index contributed by atoms with van der Waals surface area (Å²) in [6.45, 7) is 5.72. The first kappa shape index (κ1) is 17.3. The Kier molecular flexibility index (Phi) is 5.86. The first-order chi connectivity index (χ1) is 8.89. The average Bonchev–Trinajstić information content (AvgIpc) is 2.32. The minimum atomic E-state index is -4.24. The van der Waals surface area contributed by atoms with Crippen LogP contribution in [0.2, 0.25) is 0 Å². The van der Waals surface area contributed by atoms with Crippen molar-refractivity contribution in [1.29, 1.82) is 0 Å². The molecule has 20 heavy (non-hydrogen) atoms. The third-order valence-corrected chi connectivity index (χ3v) is 3.55. The minimum Gasteiger partial charge on any atom is -0.314 e. The van der Waals surface area contributed by atoms with Gasteiger partial charge in [0, 0.05) is 26.2 Å². The van der Waals surface area contributed by atoms with Crippen LogP contribution in [0.5, 0.6) is 0 Å². The van der Waals surface area contributed by atoms with Crippen LogP contribution < -0.4 is 5.32 Å². The Morgan fingerprint density at radius 3 is 2.25 bits per heavy atom. The fraction of sp³-hybridized carbons (Fsp3) is 0.571. The van der Waals surface area contributed by atoms with E-state index in [4.69, 9.17) is 0 Å². The Morgan fingerprint density at radius 2 is 1.75 bits per heavy atom. The summed E-state index contributed by atoms with van der Waals surface area (Å²) < 4.78 is 40.2. The van der Waals surface area contributed by atoms with Gasteiger partial charge in [0.25, 0.3) is 0 Å². The first-order valence-electron chi connectivity index (χ1n) is 6.48. The lowest BCUT2D eigenvalue weighted by Gasteiger charge is -2.36. The molecule has 1 fully saturated rings.